The first-order chi connectivity index (χ1) is 7.70. The van der Waals surface area contributed by atoms with E-state index < -0.39 is 4.92 Å². The number of anilines is 1. The maximum Gasteiger partial charge on any atom is 0.305 e. The third-order valence-electron chi connectivity index (χ3n) is 2.66. The molecule has 0 spiro atoms. The lowest BCUT2D eigenvalue weighted by Gasteiger charge is -2.14. The van der Waals surface area contributed by atoms with Gasteiger partial charge < -0.3 is 10.0 Å². The molecule has 0 radical (unpaired) electrons. The van der Waals surface area contributed by atoms with E-state index in [2.05, 4.69) is 9.97 Å². The Bertz CT molecular complexity index is 381. The highest BCUT2D eigenvalue weighted by atomic mass is 16.6. The number of hydrogen-bond acceptors (Lipinski definition) is 6. The second-order valence-corrected chi connectivity index (χ2v) is 3.78. The average Bonchev–Trinajstić information content (AvgIpc) is 2.77. The van der Waals surface area contributed by atoms with E-state index >= 15 is 0 Å². The molecule has 1 atom stereocenters. The Labute approximate surface area is 91.9 Å². The molecular formula is C9H12N4O3. The van der Waals surface area contributed by atoms with Crippen molar-refractivity contribution in [2.75, 3.05) is 24.6 Å². The number of rotatable bonds is 3. The van der Waals surface area contributed by atoms with Gasteiger partial charge in [0.25, 0.3) is 0 Å². The summed E-state index contributed by atoms with van der Waals surface area (Å²) in [6, 6.07) is 0. The Morgan fingerprint density at radius 2 is 2.25 bits per heavy atom. The summed E-state index contributed by atoms with van der Waals surface area (Å²) in [5.41, 5.74) is -0.110. The Morgan fingerprint density at radius 1 is 1.56 bits per heavy atom. The minimum atomic E-state index is -0.524. The van der Waals surface area contributed by atoms with Crippen LogP contribution in [0.25, 0.3) is 0 Å². The van der Waals surface area contributed by atoms with Crippen LogP contribution in [0.3, 0.4) is 0 Å². The van der Waals surface area contributed by atoms with Crippen molar-refractivity contribution in [3.05, 3.63) is 22.5 Å². The molecule has 1 aromatic heterocycles. The van der Waals surface area contributed by atoms with Gasteiger partial charge in [-0.1, -0.05) is 0 Å². The maximum absolute atomic E-state index is 10.4. The Morgan fingerprint density at radius 3 is 2.75 bits per heavy atom. The van der Waals surface area contributed by atoms with E-state index in [1.165, 1.54) is 12.4 Å². The predicted molar refractivity (Wildman–Crippen MR) is 56.1 cm³/mol. The largest absolute Gasteiger partial charge is 0.396 e. The molecule has 0 aliphatic carbocycles. The standard InChI is InChI=1S/C9H12N4O3/c14-6-7-1-2-12(5-7)9-10-3-8(4-11-9)13(15)16/h3-4,7,14H,1-2,5-6H2. The Hall–Kier alpha value is -1.76. The van der Waals surface area contributed by atoms with Gasteiger partial charge in [-0.3, -0.25) is 10.1 Å². The van der Waals surface area contributed by atoms with Gasteiger partial charge in [0.1, 0.15) is 12.4 Å². The minimum Gasteiger partial charge on any atom is -0.396 e. The van der Waals surface area contributed by atoms with Crippen molar-refractivity contribution < 1.29 is 10.0 Å². The van der Waals surface area contributed by atoms with Gasteiger partial charge in [-0.25, -0.2) is 9.97 Å². The molecule has 0 amide bonds. The Balaban J connectivity index is 2.08. The van der Waals surface area contributed by atoms with E-state index in [9.17, 15) is 10.1 Å². The molecule has 1 N–H and O–H groups in total. The highest BCUT2D eigenvalue weighted by Gasteiger charge is 2.23. The van der Waals surface area contributed by atoms with Crippen molar-refractivity contribution in [1.29, 1.82) is 0 Å². The number of hydrogen-bond donors (Lipinski definition) is 1. The van der Waals surface area contributed by atoms with Crippen LogP contribution in [0, 0.1) is 16.0 Å². The van der Waals surface area contributed by atoms with Crippen molar-refractivity contribution >= 4 is 11.6 Å². The molecule has 2 rings (SSSR count). The first-order valence-corrected chi connectivity index (χ1v) is 5.03. The monoisotopic (exact) mass is 224 g/mol. The molecule has 1 aromatic rings. The van der Waals surface area contributed by atoms with Crippen molar-refractivity contribution in [1.82, 2.24) is 9.97 Å². The van der Waals surface area contributed by atoms with E-state index in [-0.39, 0.29) is 18.2 Å². The van der Waals surface area contributed by atoms with Gasteiger partial charge >= 0.3 is 5.69 Å². The van der Waals surface area contributed by atoms with Crippen LogP contribution in [0.15, 0.2) is 12.4 Å². The molecular weight excluding hydrogens is 212 g/mol. The second kappa shape index (κ2) is 4.40. The van der Waals surface area contributed by atoms with Gasteiger partial charge in [-0.05, 0) is 6.42 Å². The van der Waals surface area contributed by atoms with E-state index in [4.69, 9.17) is 5.11 Å². The van der Waals surface area contributed by atoms with Crippen molar-refractivity contribution in [3.8, 4) is 0 Å². The maximum atomic E-state index is 10.4. The van der Waals surface area contributed by atoms with Crippen LogP contribution >= 0.6 is 0 Å². The first kappa shape index (κ1) is 10.7. The lowest BCUT2D eigenvalue weighted by atomic mass is 10.1. The smallest absolute Gasteiger partial charge is 0.305 e. The molecule has 0 saturated carbocycles. The summed E-state index contributed by atoms with van der Waals surface area (Å²) in [6.45, 7) is 1.64. The number of nitrogens with zero attached hydrogens (tertiary/aromatic N) is 4. The van der Waals surface area contributed by atoms with Gasteiger partial charge in [-0.2, -0.15) is 0 Å². The fourth-order valence-electron chi connectivity index (χ4n) is 1.74. The highest BCUT2D eigenvalue weighted by molar-refractivity contribution is 5.35. The van der Waals surface area contributed by atoms with Crippen LogP contribution in [0.1, 0.15) is 6.42 Å². The van der Waals surface area contributed by atoms with E-state index in [1.54, 1.807) is 0 Å². The number of nitro groups is 1. The zero-order chi connectivity index (χ0) is 11.5. The summed E-state index contributed by atoms with van der Waals surface area (Å²) in [5.74, 6) is 0.736. The quantitative estimate of drug-likeness (QED) is 0.582. The lowest BCUT2D eigenvalue weighted by Crippen LogP contribution is -2.22. The van der Waals surface area contributed by atoms with E-state index in [0.29, 0.717) is 12.5 Å². The van der Waals surface area contributed by atoms with Crippen LogP contribution in [0.4, 0.5) is 11.6 Å². The van der Waals surface area contributed by atoms with Gasteiger partial charge in [0.05, 0.1) is 4.92 Å². The SMILES string of the molecule is O=[N+]([O-])c1cnc(N2CCC(CO)C2)nc1. The van der Waals surface area contributed by atoms with Gasteiger partial charge in [-0.15, -0.1) is 0 Å². The molecule has 1 unspecified atom stereocenters. The zero-order valence-electron chi connectivity index (χ0n) is 8.61. The topological polar surface area (TPSA) is 92.4 Å². The second-order valence-electron chi connectivity index (χ2n) is 3.78. The van der Waals surface area contributed by atoms with Crippen LogP contribution in [-0.2, 0) is 0 Å². The van der Waals surface area contributed by atoms with Crippen molar-refractivity contribution in [2.24, 2.45) is 5.92 Å². The first-order valence-electron chi connectivity index (χ1n) is 5.03. The fourth-order valence-corrected chi connectivity index (χ4v) is 1.74. The summed E-state index contributed by atoms with van der Waals surface area (Å²) >= 11 is 0. The highest BCUT2D eigenvalue weighted by Crippen LogP contribution is 2.20. The van der Waals surface area contributed by atoms with Gasteiger partial charge in [0, 0.05) is 25.6 Å². The van der Waals surface area contributed by atoms with Crippen LogP contribution in [0.5, 0.6) is 0 Å². The zero-order valence-corrected chi connectivity index (χ0v) is 8.61. The van der Waals surface area contributed by atoms with Crippen LogP contribution in [-0.4, -0.2) is 39.7 Å². The summed E-state index contributed by atoms with van der Waals surface area (Å²) in [6.07, 6.45) is 3.31. The third-order valence-corrected chi connectivity index (χ3v) is 2.66. The van der Waals surface area contributed by atoms with Crippen molar-refractivity contribution in [2.45, 2.75) is 6.42 Å². The summed E-state index contributed by atoms with van der Waals surface area (Å²) in [5, 5.41) is 19.4. The number of aromatic nitrogens is 2. The predicted octanol–water partition coefficient (Wildman–Crippen LogP) is 0.203. The minimum absolute atomic E-state index is 0.110. The molecule has 0 bridgehead atoms. The molecule has 1 aliphatic rings. The molecule has 86 valence electrons. The van der Waals surface area contributed by atoms with Crippen LogP contribution < -0.4 is 4.90 Å². The molecule has 2 heterocycles. The van der Waals surface area contributed by atoms with Crippen molar-refractivity contribution in [3.63, 3.8) is 0 Å². The summed E-state index contributed by atoms with van der Waals surface area (Å²) in [4.78, 5) is 19.7. The number of aliphatic hydroxyl groups is 1. The molecule has 1 saturated heterocycles. The number of aliphatic hydroxyl groups excluding tert-OH is 1. The molecule has 0 aromatic carbocycles. The summed E-state index contributed by atoms with van der Waals surface area (Å²) in [7, 11) is 0. The van der Waals surface area contributed by atoms with Gasteiger partial charge in [0.2, 0.25) is 5.95 Å². The lowest BCUT2D eigenvalue weighted by molar-refractivity contribution is -0.385. The normalized spacial score (nSPS) is 20.1. The fraction of sp³-hybridized carbons (Fsp3) is 0.556. The third kappa shape index (κ3) is 2.08. The van der Waals surface area contributed by atoms with E-state index in [1.807, 2.05) is 4.90 Å². The molecule has 1 aliphatic heterocycles. The average molecular weight is 224 g/mol. The van der Waals surface area contributed by atoms with Crippen LogP contribution in [0.2, 0.25) is 0 Å². The Kier molecular flexibility index (Phi) is 2.95. The van der Waals surface area contributed by atoms with Gasteiger partial charge in [0.15, 0.2) is 0 Å². The van der Waals surface area contributed by atoms with E-state index in [0.717, 1.165) is 13.0 Å². The molecule has 1 fully saturated rings. The summed E-state index contributed by atoms with van der Waals surface area (Å²) < 4.78 is 0. The molecule has 16 heavy (non-hydrogen) atoms. The molecule has 7 heteroatoms. The molecule has 7 nitrogen and oxygen atoms in total.